The molecular weight excluding hydrogens is 564 g/mol. The number of phenols is 3. The summed E-state index contributed by atoms with van der Waals surface area (Å²) in [6.07, 6.45) is -15.9. The van der Waals surface area contributed by atoms with Crippen LogP contribution in [0.3, 0.4) is 0 Å². The molecule has 2 aliphatic heterocycles. The molecule has 0 unspecified atom stereocenters. The predicted molar refractivity (Wildman–Crippen MR) is 139 cm³/mol. The molecule has 2 aromatic carbocycles. The second-order valence-electron chi connectivity index (χ2n) is 10.1. The van der Waals surface area contributed by atoms with E-state index in [9.17, 15) is 50.8 Å². The molecule has 0 amide bonds. The summed E-state index contributed by atoms with van der Waals surface area (Å²) in [5, 5.41) is 92.1. The number of aliphatic hydroxyl groups excluding tert-OH is 6. The van der Waals surface area contributed by atoms with Crippen molar-refractivity contribution in [1.29, 1.82) is 0 Å². The second-order valence-corrected chi connectivity index (χ2v) is 10.1. The summed E-state index contributed by atoms with van der Waals surface area (Å²) in [5.41, 5.74) is -1.29. The van der Waals surface area contributed by atoms with Gasteiger partial charge in [-0.25, -0.2) is 0 Å². The lowest BCUT2D eigenvalue weighted by Gasteiger charge is -2.42. The van der Waals surface area contributed by atoms with Crippen molar-refractivity contribution in [1.82, 2.24) is 0 Å². The van der Waals surface area contributed by atoms with E-state index in [1.807, 2.05) is 0 Å². The van der Waals surface area contributed by atoms with Gasteiger partial charge in [-0.05, 0) is 19.1 Å². The molecular formula is C27H30O15. The molecule has 15 nitrogen and oxygen atoms in total. The van der Waals surface area contributed by atoms with Gasteiger partial charge in [-0.1, -0.05) is 12.1 Å². The van der Waals surface area contributed by atoms with Gasteiger partial charge in [0, 0.05) is 12.1 Å². The molecule has 2 saturated heterocycles. The molecule has 10 atom stereocenters. The smallest absolute Gasteiger partial charge is 0.239 e. The minimum absolute atomic E-state index is 0.0431. The van der Waals surface area contributed by atoms with Gasteiger partial charge in [0.1, 0.15) is 70.9 Å². The summed E-state index contributed by atoms with van der Waals surface area (Å²) in [6.45, 7) is 0.850. The Balaban J connectivity index is 1.47. The van der Waals surface area contributed by atoms with Crippen molar-refractivity contribution < 1.29 is 69.3 Å². The summed E-state index contributed by atoms with van der Waals surface area (Å²) in [7, 11) is 0. The molecule has 0 bridgehead atoms. The third kappa shape index (κ3) is 5.37. The Kier molecular flexibility index (Phi) is 8.30. The summed E-state index contributed by atoms with van der Waals surface area (Å²) in [6, 6.07) is 7.63. The number of aromatic hydroxyl groups is 3. The van der Waals surface area contributed by atoms with Crippen LogP contribution in [-0.4, -0.2) is 114 Å². The Hall–Kier alpha value is -3.51. The van der Waals surface area contributed by atoms with Gasteiger partial charge in [0.15, 0.2) is 12.1 Å². The maximum Gasteiger partial charge on any atom is 0.239 e. The van der Waals surface area contributed by atoms with Gasteiger partial charge in [-0.3, -0.25) is 4.79 Å². The molecule has 3 heterocycles. The fourth-order valence-electron chi connectivity index (χ4n) is 4.83. The van der Waals surface area contributed by atoms with Crippen molar-refractivity contribution in [2.24, 2.45) is 0 Å². The molecule has 15 heteroatoms. The van der Waals surface area contributed by atoms with Crippen LogP contribution in [0.4, 0.5) is 0 Å². The first-order valence-electron chi connectivity index (χ1n) is 12.9. The maximum absolute atomic E-state index is 13.6. The normalized spacial score (nSPS) is 33.5. The highest BCUT2D eigenvalue weighted by Gasteiger charge is 2.47. The van der Waals surface area contributed by atoms with Gasteiger partial charge >= 0.3 is 0 Å². The van der Waals surface area contributed by atoms with Crippen molar-refractivity contribution in [3.63, 3.8) is 0 Å². The number of ether oxygens (including phenoxy) is 4. The highest BCUT2D eigenvalue weighted by molar-refractivity contribution is 5.88. The molecule has 42 heavy (non-hydrogen) atoms. The molecule has 228 valence electrons. The average molecular weight is 595 g/mol. The van der Waals surface area contributed by atoms with Crippen molar-refractivity contribution in [3.05, 3.63) is 46.6 Å². The van der Waals surface area contributed by atoms with Gasteiger partial charge in [0.25, 0.3) is 0 Å². The number of fused-ring (bicyclic) bond motifs is 1. The third-order valence-electron chi connectivity index (χ3n) is 7.20. The van der Waals surface area contributed by atoms with E-state index < -0.39 is 96.1 Å². The summed E-state index contributed by atoms with van der Waals surface area (Å²) in [5.74, 6) is -2.45. The number of rotatable bonds is 6. The lowest BCUT2D eigenvalue weighted by molar-refractivity contribution is -0.318. The van der Waals surface area contributed by atoms with Crippen LogP contribution in [0, 0.1) is 0 Å². The topological polar surface area (TPSA) is 249 Å². The van der Waals surface area contributed by atoms with Crippen molar-refractivity contribution in [2.75, 3.05) is 6.61 Å². The zero-order chi connectivity index (χ0) is 30.5. The van der Waals surface area contributed by atoms with E-state index >= 15 is 0 Å². The van der Waals surface area contributed by atoms with Crippen molar-refractivity contribution in [3.8, 4) is 34.3 Å². The van der Waals surface area contributed by atoms with E-state index in [2.05, 4.69) is 0 Å². The molecule has 0 radical (unpaired) electrons. The van der Waals surface area contributed by atoms with Crippen molar-refractivity contribution >= 4 is 11.0 Å². The molecule has 1 aromatic heterocycles. The minimum Gasteiger partial charge on any atom is -0.508 e. The number of phenolic OH excluding ortho intramolecular Hbond substituents is 3. The average Bonchev–Trinajstić information content (AvgIpc) is 2.95. The van der Waals surface area contributed by atoms with Crippen LogP contribution in [0.5, 0.6) is 23.0 Å². The first-order chi connectivity index (χ1) is 19.9. The van der Waals surface area contributed by atoms with Gasteiger partial charge in [0.05, 0.1) is 18.3 Å². The van der Waals surface area contributed by atoms with Crippen LogP contribution in [0.25, 0.3) is 22.3 Å². The Morgan fingerprint density at radius 1 is 0.786 bits per heavy atom. The highest BCUT2D eigenvalue weighted by atomic mass is 16.7. The van der Waals surface area contributed by atoms with Gasteiger partial charge in [-0.15, -0.1) is 0 Å². The Morgan fingerprint density at radius 2 is 1.45 bits per heavy atom. The lowest BCUT2D eigenvalue weighted by Crippen LogP contribution is -2.61. The molecule has 2 aliphatic rings. The van der Waals surface area contributed by atoms with E-state index in [1.165, 1.54) is 31.2 Å². The monoisotopic (exact) mass is 594 g/mol. The third-order valence-corrected chi connectivity index (χ3v) is 7.20. The number of para-hydroxylation sites is 1. The van der Waals surface area contributed by atoms with Crippen LogP contribution in [0.1, 0.15) is 6.92 Å². The summed E-state index contributed by atoms with van der Waals surface area (Å²) >= 11 is 0. The molecule has 2 fully saturated rings. The highest BCUT2D eigenvalue weighted by Crippen LogP contribution is 2.40. The molecule has 0 spiro atoms. The zero-order valence-electron chi connectivity index (χ0n) is 21.9. The second kappa shape index (κ2) is 11.6. The SMILES string of the molecule is C[C@H]1O[C@@H](OC[C@H]2O[C@@H](Oc3c(-c4ccccc4O)oc4cc(O)cc(O)c4c3=O)[C@@H](O)[C@H](O)[C@@H]2O)[C@@H](O)[C@H](O)[C@H]1O. The standard InChI is InChI=1S/C27H30O15/c1-9-17(31)20(34)22(36)26(39-9)38-8-15-18(32)21(35)23(37)27(41-15)42-25-19(33)16-13(30)6-10(28)7-14(16)40-24(25)11-4-2-3-5-12(11)29/h2-7,9,15,17-18,20-23,26-32,34-37H,8H2,1H3/t9-,15-,17+,18-,20-,21-,22+,23+,26-,27+/m1/s1. The van der Waals surface area contributed by atoms with Crippen LogP contribution in [0.15, 0.2) is 45.6 Å². The first kappa shape index (κ1) is 30.0. The van der Waals surface area contributed by atoms with Crippen LogP contribution in [0.2, 0.25) is 0 Å². The maximum atomic E-state index is 13.6. The molecule has 5 rings (SSSR count). The number of benzene rings is 2. The van der Waals surface area contributed by atoms with Gasteiger partial charge < -0.3 is 69.3 Å². The van der Waals surface area contributed by atoms with Crippen LogP contribution in [-0.2, 0) is 14.2 Å². The molecule has 0 aliphatic carbocycles. The fraction of sp³-hybridized carbons (Fsp3) is 0.444. The van der Waals surface area contributed by atoms with E-state index in [4.69, 9.17) is 23.4 Å². The molecule has 3 aromatic rings. The van der Waals surface area contributed by atoms with Gasteiger partial charge in [-0.2, -0.15) is 0 Å². The Morgan fingerprint density at radius 3 is 2.17 bits per heavy atom. The number of hydrogen-bond acceptors (Lipinski definition) is 15. The van der Waals surface area contributed by atoms with Crippen LogP contribution >= 0.6 is 0 Å². The predicted octanol–water partition coefficient (Wildman–Crippen LogP) is -1.39. The van der Waals surface area contributed by atoms with Crippen LogP contribution < -0.4 is 10.2 Å². The first-order valence-corrected chi connectivity index (χ1v) is 12.9. The summed E-state index contributed by atoms with van der Waals surface area (Å²) < 4.78 is 27.9. The van der Waals surface area contributed by atoms with E-state index in [0.717, 1.165) is 12.1 Å². The fourth-order valence-corrected chi connectivity index (χ4v) is 4.83. The van der Waals surface area contributed by atoms with Crippen molar-refractivity contribution in [2.45, 2.75) is 68.3 Å². The quantitative estimate of drug-likeness (QED) is 0.159. The number of hydrogen-bond donors (Lipinski definition) is 9. The zero-order valence-corrected chi connectivity index (χ0v) is 21.9. The summed E-state index contributed by atoms with van der Waals surface area (Å²) in [4.78, 5) is 13.6. The lowest BCUT2D eigenvalue weighted by atomic mass is 9.98. The minimum atomic E-state index is -1.94. The Bertz CT molecular complexity index is 1490. The molecule has 0 saturated carbocycles. The number of aliphatic hydroxyl groups is 6. The van der Waals surface area contributed by atoms with Gasteiger partial charge in [0.2, 0.25) is 17.5 Å². The van der Waals surface area contributed by atoms with E-state index in [0.29, 0.717) is 0 Å². The largest absolute Gasteiger partial charge is 0.508 e. The van der Waals surface area contributed by atoms with E-state index in [1.54, 1.807) is 0 Å². The molecule has 9 N–H and O–H groups in total. The van der Waals surface area contributed by atoms with E-state index in [-0.39, 0.29) is 22.7 Å². The Labute approximate surface area is 236 Å².